The molecule has 4 rings (SSSR count). The van der Waals surface area contributed by atoms with Crippen LogP contribution in [0.1, 0.15) is 54.4 Å². The van der Waals surface area contributed by atoms with Gasteiger partial charge in [0.2, 0.25) is 5.91 Å². The number of hydrogen-bond donors (Lipinski definition) is 2. The summed E-state index contributed by atoms with van der Waals surface area (Å²) in [6.45, 7) is 2.33. The number of rotatable bonds is 4. The Morgan fingerprint density at radius 2 is 1.85 bits per heavy atom. The molecule has 0 saturated heterocycles. The van der Waals surface area contributed by atoms with Gasteiger partial charge in [-0.05, 0) is 47.2 Å². The van der Waals surface area contributed by atoms with Crippen molar-refractivity contribution in [3.8, 4) is 0 Å². The van der Waals surface area contributed by atoms with Gasteiger partial charge in [0.25, 0.3) is 0 Å². The van der Waals surface area contributed by atoms with Crippen molar-refractivity contribution in [2.24, 2.45) is 0 Å². The Morgan fingerprint density at radius 1 is 1.04 bits per heavy atom. The smallest absolute Gasteiger partial charge is 0.230 e. The van der Waals surface area contributed by atoms with Crippen molar-refractivity contribution < 1.29 is 9.18 Å². The maximum absolute atomic E-state index is 13.8. The summed E-state index contributed by atoms with van der Waals surface area (Å²) in [5, 5.41) is 6.48. The van der Waals surface area contributed by atoms with Crippen LogP contribution in [0, 0.1) is 5.82 Å². The Balaban J connectivity index is 1.53. The van der Waals surface area contributed by atoms with Crippen molar-refractivity contribution in [1.82, 2.24) is 10.6 Å². The van der Waals surface area contributed by atoms with Crippen LogP contribution in [0.3, 0.4) is 0 Å². The molecule has 4 heteroatoms. The van der Waals surface area contributed by atoms with Gasteiger partial charge in [-0.2, -0.15) is 0 Å². The minimum Gasteiger partial charge on any atom is -0.351 e. The van der Waals surface area contributed by atoms with E-state index in [0.29, 0.717) is 6.54 Å². The van der Waals surface area contributed by atoms with Gasteiger partial charge >= 0.3 is 0 Å². The van der Waals surface area contributed by atoms with Crippen LogP contribution < -0.4 is 10.6 Å². The van der Waals surface area contributed by atoms with Gasteiger partial charge in [0, 0.05) is 19.6 Å². The second-order valence-electron chi connectivity index (χ2n) is 7.54. The lowest BCUT2D eigenvalue weighted by Gasteiger charge is -2.36. The van der Waals surface area contributed by atoms with Gasteiger partial charge in [0.15, 0.2) is 0 Å². The van der Waals surface area contributed by atoms with E-state index < -0.39 is 5.41 Å². The lowest BCUT2D eigenvalue weighted by Crippen LogP contribution is -2.45. The fraction of sp³-hybridized carbons (Fsp3) is 0.409. The molecule has 2 N–H and O–H groups in total. The number of hydrogen-bond acceptors (Lipinski definition) is 2. The average molecular weight is 352 g/mol. The van der Waals surface area contributed by atoms with Crippen LogP contribution in [0.5, 0.6) is 0 Å². The number of amides is 1. The SMILES string of the molecule is O=C(NCc1ccc2c(c1)CNC2)C1(c2cccc(F)c2)CCCCC1. The molecule has 1 aliphatic heterocycles. The molecular weight excluding hydrogens is 327 g/mol. The van der Waals surface area contributed by atoms with Crippen LogP contribution in [0.25, 0.3) is 0 Å². The molecular formula is C22H25FN2O. The van der Waals surface area contributed by atoms with E-state index in [1.165, 1.54) is 23.3 Å². The number of fused-ring (bicyclic) bond motifs is 1. The van der Waals surface area contributed by atoms with Crippen molar-refractivity contribution in [3.05, 3.63) is 70.5 Å². The van der Waals surface area contributed by atoms with Crippen molar-refractivity contribution in [2.75, 3.05) is 0 Å². The Bertz CT molecular complexity index is 812. The number of nitrogens with one attached hydrogen (secondary N) is 2. The molecule has 136 valence electrons. The first-order valence-corrected chi connectivity index (χ1v) is 9.53. The average Bonchev–Trinajstić information content (AvgIpc) is 3.14. The summed E-state index contributed by atoms with van der Waals surface area (Å²) in [6.07, 6.45) is 4.73. The van der Waals surface area contributed by atoms with Crippen molar-refractivity contribution in [2.45, 2.75) is 57.2 Å². The Kier molecular flexibility index (Phi) is 4.77. The topological polar surface area (TPSA) is 41.1 Å². The molecule has 2 aromatic rings. The molecule has 26 heavy (non-hydrogen) atoms. The van der Waals surface area contributed by atoms with Crippen molar-refractivity contribution in [3.63, 3.8) is 0 Å². The van der Waals surface area contributed by atoms with Gasteiger partial charge in [-0.15, -0.1) is 0 Å². The first-order valence-electron chi connectivity index (χ1n) is 9.53. The first-order chi connectivity index (χ1) is 12.7. The van der Waals surface area contributed by atoms with Crippen LogP contribution in [-0.2, 0) is 29.8 Å². The van der Waals surface area contributed by atoms with Crippen LogP contribution in [-0.4, -0.2) is 5.91 Å². The highest BCUT2D eigenvalue weighted by Gasteiger charge is 2.41. The summed E-state index contributed by atoms with van der Waals surface area (Å²) in [6, 6.07) is 13.0. The summed E-state index contributed by atoms with van der Waals surface area (Å²) < 4.78 is 13.8. The number of halogens is 1. The van der Waals surface area contributed by atoms with E-state index in [9.17, 15) is 9.18 Å². The second-order valence-corrected chi connectivity index (χ2v) is 7.54. The molecule has 0 radical (unpaired) electrons. The third-order valence-corrected chi connectivity index (χ3v) is 5.87. The zero-order valence-corrected chi connectivity index (χ0v) is 15.0. The lowest BCUT2D eigenvalue weighted by molar-refractivity contribution is -0.128. The summed E-state index contributed by atoms with van der Waals surface area (Å²) in [5.74, 6) is -0.243. The molecule has 0 bridgehead atoms. The van der Waals surface area contributed by atoms with Gasteiger partial charge in [0.1, 0.15) is 5.82 Å². The number of carbonyl (C=O) groups is 1. The van der Waals surface area contributed by atoms with Gasteiger partial charge in [-0.25, -0.2) is 4.39 Å². The molecule has 2 aromatic carbocycles. The highest BCUT2D eigenvalue weighted by molar-refractivity contribution is 5.88. The van der Waals surface area contributed by atoms with E-state index in [1.54, 1.807) is 6.07 Å². The van der Waals surface area contributed by atoms with E-state index in [0.717, 1.165) is 56.3 Å². The molecule has 2 aliphatic rings. The Hall–Kier alpha value is -2.20. The largest absolute Gasteiger partial charge is 0.351 e. The third kappa shape index (κ3) is 3.26. The monoisotopic (exact) mass is 352 g/mol. The maximum Gasteiger partial charge on any atom is 0.230 e. The fourth-order valence-corrected chi connectivity index (χ4v) is 4.40. The Morgan fingerprint density at radius 3 is 2.65 bits per heavy atom. The first kappa shape index (κ1) is 17.2. The van der Waals surface area contributed by atoms with Crippen LogP contribution in [0.4, 0.5) is 4.39 Å². The summed E-state index contributed by atoms with van der Waals surface area (Å²) >= 11 is 0. The fourth-order valence-electron chi connectivity index (χ4n) is 4.40. The predicted octanol–water partition coefficient (Wildman–Crippen LogP) is 3.95. The summed E-state index contributed by atoms with van der Waals surface area (Å²) in [7, 11) is 0. The molecule has 1 fully saturated rings. The number of benzene rings is 2. The molecule has 0 aromatic heterocycles. The second kappa shape index (κ2) is 7.20. The molecule has 1 amide bonds. The maximum atomic E-state index is 13.8. The highest BCUT2D eigenvalue weighted by Crippen LogP contribution is 2.40. The van der Waals surface area contributed by atoms with Crippen LogP contribution >= 0.6 is 0 Å². The number of carbonyl (C=O) groups excluding carboxylic acids is 1. The highest BCUT2D eigenvalue weighted by atomic mass is 19.1. The molecule has 3 nitrogen and oxygen atoms in total. The van der Waals surface area contributed by atoms with E-state index in [1.807, 2.05) is 6.07 Å². The molecule has 1 saturated carbocycles. The van der Waals surface area contributed by atoms with Gasteiger partial charge in [0.05, 0.1) is 5.41 Å². The lowest BCUT2D eigenvalue weighted by atomic mass is 9.68. The van der Waals surface area contributed by atoms with E-state index in [2.05, 4.69) is 28.8 Å². The molecule has 0 spiro atoms. The van der Waals surface area contributed by atoms with E-state index in [4.69, 9.17) is 0 Å². The van der Waals surface area contributed by atoms with Crippen LogP contribution in [0.15, 0.2) is 42.5 Å². The van der Waals surface area contributed by atoms with Crippen LogP contribution in [0.2, 0.25) is 0 Å². The minimum atomic E-state index is -0.599. The molecule has 1 heterocycles. The molecule has 0 unspecified atom stereocenters. The van der Waals surface area contributed by atoms with E-state index >= 15 is 0 Å². The van der Waals surface area contributed by atoms with Gasteiger partial charge in [-0.3, -0.25) is 4.79 Å². The standard InChI is InChI=1S/C22H25FN2O/c23-20-6-4-5-19(12-20)22(9-2-1-3-10-22)21(26)25-13-16-7-8-17-14-24-15-18(17)11-16/h4-8,11-12,24H,1-3,9-10,13-15H2,(H,25,26). The normalized spacial score (nSPS) is 18.3. The Labute approximate surface area is 154 Å². The van der Waals surface area contributed by atoms with Crippen molar-refractivity contribution in [1.29, 1.82) is 0 Å². The zero-order chi connectivity index (χ0) is 18.0. The predicted molar refractivity (Wildman–Crippen MR) is 100.0 cm³/mol. The third-order valence-electron chi connectivity index (χ3n) is 5.87. The minimum absolute atomic E-state index is 0.0291. The zero-order valence-electron chi connectivity index (χ0n) is 15.0. The molecule has 1 aliphatic carbocycles. The summed E-state index contributed by atoms with van der Waals surface area (Å²) in [5.41, 5.74) is 3.98. The quantitative estimate of drug-likeness (QED) is 0.875. The summed E-state index contributed by atoms with van der Waals surface area (Å²) in [4.78, 5) is 13.2. The van der Waals surface area contributed by atoms with Gasteiger partial charge in [-0.1, -0.05) is 49.6 Å². The van der Waals surface area contributed by atoms with Crippen molar-refractivity contribution >= 4 is 5.91 Å². The van der Waals surface area contributed by atoms with Gasteiger partial charge < -0.3 is 10.6 Å². The van der Waals surface area contributed by atoms with E-state index in [-0.39, 0.29) is 11.7 Å². The molecule has 0 atom stereocenters.